The van der Waals surface area contributed by atoms with Gasteiger partial charge in [0.25, 0.3) is 5.91 Å². The molecule has 160 valence electrons. The number of nitrogens with one attached hydrogen (secondary N) is 1. The number of likely N-dealkylation sites (tertiary alicyclic amines) is 1. The first-order valence-corrected chi connectivity index (χ1v) is 10.7. The van der Waals surface area contributed by atoms with Crippen LogP contribution in [-0.2, 0) is 6.18 Å². The Balaban J connectivity index is 1.35. The Labute approximate surface area is 180 Å². The normalized spacial score (nSPS) is 22.7. The van der Waals surface area contributed by atoms with Crippen LogP contribution in [0.4, 0.5) is 19.0 Å². The fourth-order valence-corrected chi connectivity index (χ4v) is 5.16. The second kappa shape index (κ2) is 7.60. The maximum atomic E-state index is 13.4. The number of alkyl halides is 3. The third-order valence-electron chi connectivity index (χ3n) is 5.84. The van der Waals surface area contributed by atoms with Crippen molar-refractivity contribution in [3.05, 3.63) is 59.5 Å². The zero-order valence-electron chi connectivity index (χ0n) is 16.2. The monoisotopic (exact) mass is 445 g/mol. The van der Waals surface area contributed by atoms with E-state index in [9.17, 15) is 18.0 Å². The molecule has 1 N–H and O–H groups in total. The molecule has 2 fully saturated rings. The van der Waals surface area contributed by atoms with E-state index in [0.717, 1.165) is 30.1 Å². The summed E-state index contributed by atoms with van der Waals surface area (Å²) in [6.45, 7) is 0.649. The molecule has 1 aliphatic carbocycles. The number of halogens is 3. The molecule has 0 spiro atoms. The number of aromatic nitrogens is 3. The van der Waals surface area contributed by atoms with E-state index in [4.69, 9.17) is 0 Å². The van der Waals surface area contributed by atoms with E-state index in [1.807, 2.05) is 16.3 Å². The maximum absolute atomic E-state index is 13.4. The molecule has 3 unspecified atom stereocenters. The van der Waals surface area contributed by atoms with Gasteiger partial charge >= 0.3 is 6.18 Å². The van der Waals surface area contributed by atoms with Crippen LogP contribution in [0, 0.1) is 5.92 Å². The van der Waals surface area contributed by atoms with Gasteiger partial charge in [-0.15, -0.1) is 11.3 Å². The molecule has 31 heavy (non-hydrogen) atoms. The van der Waals surface area contributed by atoms with Crippen molar-refractivity contribution in [2.24, 2.45) is 5.92 Å². The van der Waals surface area contributed by atoms with Crippen LogP contribution in [0.25, 0.3) is 10.6 Å². The lowest BCUT2D eigenvalue weighted by atomic mass is 10.0. The summed E-state index contributed by atoms with van der Waals surface area (Å²) >= 11 is 1.45. The predicted molar refractivity (Wildman–Crippen MR) is 110 cm³/mol. The van der Waals surface area contributed by atoms with Crippen LogP contribution in [0.3, 0.4) is 0 Å². The molecule has 3 aromatic rings. The van der Waals surface area contributed by atoms with Gasteiger partial charge in [-0.2, -0.15) is 13.2 Å². The summed E-state index contributed by atoms with van der Waals surface area (Å²) in [5, 5.41) is 5.82. The summed E-state index contributed by atoms with van der Waals surface area (Å²) in [5.41, 5.74) is 0.295. The lowest BCUT2D eigenvalue weighted by Crippen LogP contribution is -2.48. The van der Waals surface area contributed by atoms with Crippen LogP contribution in [0.2, 0.25) is 0 Å². The van der Waals surface area contributed by atoms with Crippen LogP contribution in [0.1, 0.15) is 28.9 Å². The zero-order chi connectivity index (χ0) is 21.6. The molecule has 1 aliphatic heterocycles. The minimum absolute atomic E-state index is 0.0623. The molecule has 2 aliphatic rings. The van der Waals surface area contributed by atoms with E-state index in [1.54, 1.807) is 18.5 Å². The number of pyridine rings is 2. The van der Waals surface area contributed by atoms with Crippen molar-refractivity contribution in [3.63, 3.8) is 0 Å². The van der Waals surface area contributed by atoms with Gasteiger partial charge in [0.1, 0.15) is 16.5 Å². The quantitative estimate of drug-likeness (QED) is 0.647. The lowest BCUT2D eigenvalue weighted by molar-refractivity contribution is -0.137. The summed E-state index contributed by atoms with van der Waals surface area (Å²) in [6.07, 6.45) is 1.39. The Hall–Kier alpha value is -3.01. The number of carbonyl (C=O) groups is 1. The molecule has 4 heterocycles. The smallest absolute Gasteiger partial charge is 0.365 e. The van der Waals surface area contributed by atoms with Crippen LogP contribution >= 0.6 is 11.3 Å². The highest BCUT2D eigenvalue weighted by atomic mass is 32.1. The van der Waals surface area contributed by atoms with Crippen LogP contribution in [0.15, 0.2) is 48.2 Å². The molecule has 0 aromatic carbocycles. The highest BCUT2D eigenvalue weighted by Crippen LogP contribution is 2.40. The first-order chi connectivity index (χ1) is 14.9. The number of hydrogen-bond donors (Lipinski definition) is 1. The second-order valence-corrected chi connectivity index (χ2v) is 8.67. The van der Waals surface area contributed by atoms with Gasteiger partial charge in [-0.3, -0.25) is 9.78 Å². The van der Waals surface area contributed by atoms with Crippen LogP contribution in [0.5, 0.6) is 0 Å². The molecule has 1 saturated carbocycles. The number of fused-ring (bicyclic) bond motifs is 2. The molecule has 1 saturated heterocycles. The molecule has 5 rings (SSSR count). The third kappa shape index (κ3) is 3.76. The number of rotatable bonds is 4. The first kappa shape index (κ1) is 19.9. The van der Waals surface area contributed by atoms with E-state index < -0.39 is 11.7 Å². The molecule has 6 nitrogen and oxygen atoms in total. The van der Waals surface area contributed by atoms with Crippen molar-refractivity contribution >= 4 is 23.1 Å². The largest absolute Gasteiger partial charge is 0.417 e. The van der Waals surface area contributed by atoms with Gasteiger partial charge in [0.2, 0.25) is 0 Å². The van der Waals surface area contributed by atoms with Gasteiger partial charge in [0, 0.05) is 42.1 Å². The molecule has 2 bridgehead atoms. The number of piperidine rings is 1. The SMILES string of the molecule is O=C(c1ncccc1-c1nccs1)N1CC2CC(Nc3ccc(C(F)(F)F)cn3)C1C2. The van der Waals surface area contributed by atoms with E-state index in [2.05, 4.69) is 20.3 Å². The van der Waals surface area contributed by atoms with Crippen molar-refractivity contribution in [1.82, 2.24) is 19.9 Å². The van der Waals surface area contributed by atoms with Gasteiger partial charge in [-0.25, -0.2) is 9.97 Å². The number of anilines is 1. The lowest BCUT2D eigenvalue weighted by Gasteiger charge is -2.34. The van der Waals surface area contributed by atoms with Crippen molar-refractivity contribution in [2.75, 3.05) is 11.9 Å². The molecular weight excluding hydrogens is 427 g/mol. The predicted octanol–water partition coefficient (Wildman–Crippen LogP) is 4.33. The minimum Gasteiger partial charge on any atom is -0.365 e. The molecule has 3 atom stereocenters. The second-order valence-electron chi connectivity index (χ2n) is 7.78. The summed E-state index contributed by atoms with van der Waals surface area (Å²) in [4.78, 5) is 27.8. The number of amides is 1. The molecule has 1 amide bonds. The number of carbonyl (C=O) groups excluding carboxylic acids is 1. The van der Waals surface area contributed by atoms with Gasteiger partial charge in [-0.1, -0.05) is 0 Å². The van der Waals surface area contributed by atoms with Crippen molar-refractivity contribution < 1.29 is 18.0 Å². The fourth-order valence-electron chi connectivity index (χ4n) is 4.49. The van der Waals surface area contributed by atoms with E-state index in [0.29, 0.717) is 29.5 Å². The van der Waals surface area contributed by atoms with Gasteiger partial charge in [0.15, 0.2) is 0 Å². The topological polar surface area (TPSA) is 71.0 Å². The Morgan fingerprint density at radius 1 is 1.13 bits per heavy atom. The van der Waals surface area contributed by atoms with Crippen molar-refractivity contribution in [2.45, 2.75) is 31.1 Å². The summed E-state index contributed by atoms with van der Waals surface area (Å²) in [6, 6.07) is 5.84. The summed E-state index contributed by atoms with van der Waals surface area (Å²) in [7, 11) is 0. The summed E-state index contributed by atoms with van der Waals surface area (Å²) < 4.78 is 38.3. The number of hydrogen-bond acceptors (Lipinski definition) is 6. The standard InChI is InChI=1S/C21H18F3N5OS/c22-21(23,24)13-3-4-17(27-10-13)28-15-8-12-9-16(15)29(11-12)20(30)18-14(2-1-5-25-18)19-26-6-7-31-19/h1-7,10,12,15-16H,8-9,11H2,(H,27,28). The van der Waals surface area contributed by atoms with Crippen molar-refractivity contribution in [1.29, 1.82) is 0 Å². The average molecular weight is 445 g/mol. The number of thiazole rings is 1. The minimum atomic E-state index is -4.42. The van der Waals surface area contributed by atoms with Gasteiger partial charge in [-0.05, 0) is 43.0 Å². The highest BCUT2D eigenvalue weighted by molar-refractivity contribution is 7.13. The Kier molecular flexibility index (Phi) is 4.88. The molecular formula is C21H18F3N5OS. The van der Waals surface area contributed by atoms with Crippen LogP contribution in [-0.4, -0.2) is 44.4 Å². The molecule has 0 radical (unpaired) electrons. The Morgan fingerprint density at radius 2 is 2.00 bits per heavy atom. The Bertz CT molecular complexity index is 1090. The average Bonchev–Trinajstić information content (AvgIpc) is 3.50. The van der Waals surface area contributed by atoms with E-state index >= 15 is 0 Å². The maximum Gasteiger partial charge on any atom is 0.417 e. The van der Waals surface area contributed by atoms with E-state index in [-0.39, 0.29) is 18.0 Å². The number of nitrogens with zero attached hydrogens (tertiary/aromatic N) is 4. The first-order valence-electron chi connectivity index (χ1n) is 9.86. The fraction of sp³-hybridized carbons (Fsp3) is 0.333. The summed E-state index contributed by atoms with van der Waals surface area (Å²) in [5.74, 6) is 0.567. The molecule has 10 heteroatoms. The van der Waals surface area contributed by atoms with E-state index in [1.165, 1.54) is 17.4 Å². The van der Waals surface area contributed by atoms with Crippen LogP contribution < -0.4 is 5.32 Å². The Morgan fingerprint density at radius 3 is 2.68 bits per heavy atom. The van der Waals surface area contributed by atoms with Gasteiger partial charge < -0.3 is 10.2 Å². The van der Waals surface area contributed by atoms with Crippen molar-refractivity contribution in [3.8, 4) is 10.6 Å². The third-order valence-corrected chi connectivity index (χ3v) is 6.65. The van der Waals surface area contributed by atoms with Gasteiger partial charge in [0.05, 0.1) is 11.6 Å². The highest BCUT2D eigenvalue weighted by Gasteiger charge is 2.47. The zero-order valence-corrected chi connectivity index (χ0v) is 17.0. The molecule has 3 aromatic heterocycles.